The molecule has 2 aliphatic heterocycles. The van der Waals surface area contributed by atoms with Crippen LogP contribution in [-0.2, 0) is 16.6 Å². The minimum atomic E-state index is -3.05. The van der Waals surface area contributed by atoms with Gasteiger partial charge in [-0.25, -0.2) is 31.9 Å². The molecule has 3 aliphatic rings. The SMILES string of the molecule is CN(CC1CCC(n2cc(NC(=O)c3cnn4cccnc34)c(C(F)F)n2)CC1)C1CCN(c2ccc3c(c2)n(C)c(=O)n3C2CCC(=O)NC2=O)CC1(F)F. The van der Waals surface area contributed by atoms with Gasteiger partial charge in [0.15, 0.2) is 11.3 Å². The van der Waals surface area contributed by atoms with E-state index in [0.29, 0.717) is 55.5 Å². The molecule has 1 aromatic carbocycles. The minimum Gasteiger partial charge on any atom is -0.365 e. The van der Waals surface area contributed by atoms with Crippen LogP contribution in [0, 0.1) is 5.92 Å². The third-order valence-corrected chi connectivity index (χ3v) is 11.5. The fourth-order valence-corrected chi connectivity index (χ4v) is 8.62. The number of aromatic nitrogens is 7. The third kappa shape index (κ3) is 6.81. The zero-order chi connectivity index (χ0) is 39.5. The number of rotatable bonds is 9. The van der Waals surface area contributed by atoms with Crippen molar-refractivity contribution >= 4 is 45.8 Å². The maximum atomic E-state index is 15.9. The summed E-state index contributed by atoms with van der Waals surface area (Å²) >= 11 is 0. The third-order valence-electron chi connectivity index (χ3n) is 11.5. The van der Waals surface area contributed by atoms with Crippen LogP contribution in [0.2, 0.25) is 0 Å². The van der Waals surface area contributed by atoms with E-state index in [-0.39, 0.29) is 54.0 Å². The van der Waals surface area contributed by atoms with Gasteiger partial charge in [0, 0.05) is 50.8 Å². The number of hydrogen-bond acceptors (Lipinski definition) is 9. The van der Waals surface area contributed by atoms with Crippen molar-refractivity contribution in [2.45, 2.75) is 75.4 Å². The highest BCUT2D eigenvalue weighted by atomic mass is 19.3. The highest BCUT2D eigenvalue weighted by Gasteiger charge is 2.47. The topological polar surface area (TPSA) is 157 Å². The number of fused-ring (bicyclic) bond motifs is 2. The lowest BCUT2D eigenvalue weighted by molar-refractivity contribution is -0.135. The molecule has 4 aromatic heterocycles. The summed E-state index contributed by atoms with van der Waals surface area (Å²) in [5.41, 5.74) is 0.884. The summed E-state index contributed by atoms with van der Waals surface area (Å²) in [5.74, 6) is -4.50. The summed E-state index contributed by atoms with van der Waals surface area (Å²) in [6.07, 6.45) is 6.06. The number of halogens is 4. The molecule has 2 atom stereocenters. The Morgan fingerprint density at radius 1 is 1.09 bits per heavy atom. The van der Waals surface area contributed by atoms with Crippen molar-refractivity contribution < 1.29 is 31.9 Å². The number of aryl methyl sites for hydroxylation is 1. The van der Waals surface area contributed by atoms with Crippen LogP contribution in [0.1, 0.15) is 79.5 Å². The number of carbonyl (C=O) groups is 3. The summed E-state index contributed by atoms with van der Waals surface area (Å²) in [6.45, 7) is 0.301. The van der Waals surface area contributed by atoms with Crippen LogP contribution in [0.4, 0.5) is 28.9 Å². The lowest BCUT2D eigenvalue weighted by atomic mass is 9.85. The Balaban J connectivity index is 0.883. The zero-order valence-corrected chi connectivity index (χ0v) is 30.7. The first kappa shape index (κ1) is 37.3. The lowest BCUT2D eigenvalue weighted by Gasteiger charge is -2.44. The number of imidazole rings is 1. The van der Waals surface area contributed by atoms with Crippen LogP contribution in [0.25, 0.3) is 16.7 Å². The number of hydrogen-bond donors (Lipinski definition) is 2. The van der Waals surface area contributed by atoms with Crippen molar-refractivity contribution in [1.82, 2.24) is 43.7 Å². The number of piperidine rings is 2. The summed E-state index contributed by atoms with van der Waals surface area (Å²) in [5, 5.41) is 13.1. The van der Waals surface area contributed by atoms with Crippen LogP contribution >= 0.6 is 0 Å². The van der Waals surface area contributed by atoms with E-state index >= 15 is 8.78 Å². The van der Waals surface area contributed by atoms with E-state index in [0.717, 1.165) is 0 Å². The van der Waals surface area contributed by atoms with Gasteiger partial charge in [0.25, 0.3) is 18.3 Å². The molecule has 0 radical (unpaired) electrons. The van der Waals surface area contributed by atoms with Gasteiger partial charge >= 0.3 is 5.69 Å². The predicted molar refractivity (Wildman–Crippen MR) is 196 cm³/mol. The number of anilines is 2. The molecular formula is C37H41F4N11O4. The molecule has 3 fully saturated rings. The van der Waals surface area contributed by atoms with Crippen LogP contribution in [0.5, 0.6) is 0 Å². The van der Waals surface area contributed by atoms with Gasteiger partial charge in [-0.2, -0.15) is 10.2 Å². The van der Waals surface area contributed by atoms with Gasteiger partial charge in [0.2, 0.25) is 11.8 Å². The number of carbonyl (C=O) groups excluding carboxylic acids is 3. The van der Waals surface area contributed by atoms with E-state index in [4.69, 9.17) is 0 Å². The molecule has 1 saturated carbocycles. The lowest BCUT2D eigenvalue weighted by Crippen LogP contribution is -2.58. The van der Waals surface area contributed by atoms with Gasteiger partial charge < -0.3 is 10.2 Å². The van der Waals surface area contributed by atoms with Crippen molar-refractivity contribution in [1.29, 1.82) is 0 Å². The first-order valence-electron chi connectivity index (χ1n) is 18.6. The van der Waals surface area contributed by atoms with Gasteiger partial charge in [-0.3, -0.25) is 38.4 Å². The highest BCUT2D eigenvalue weighted by Crippen LogP contribution is 2.38. The second-order valence-electron chi connectivity index (χ2n) is 15.1. The summed E-state index contributed by atoms with van der Waals surface area (Å²) in [7, 11) is 3.28. The molecule has 2 saturated heterocycles. The molecule has 5 aromatic rings. The largest absolute Gasteiger partial charge is 0.365 e. The number of imide groups is 1. The molecule has 19 heteroatoms. The van der Waals surface area contributed by atoms with Crippen LogP contribution < -0.4 is 21.2 Å². The maximum absolute atomic E-state index is 15.9. The minimum absolute atomic E-state index is 0.0923. The Hall–Kier alpha value is -5.59. The van der Waals surface area contributed by atoms with E-state index in [1.54, 1.807) is 54.4 Å². The van der Waals surface area contributed by atoms with Crippen molar-refractivity contribution in [2.24, 2.45) is 13.0 Å². The molecule has 2 unspecified atom stereocenters. The first-order valence-corrected chi connectivity index (χ1v) is 18.6. The molecule has 1 aliphatic carbocycles. The average molecular weight is 780 g/mol. The van der Waals surface area contributed by atoms with Gasteiger partial charge in [-0.05, 0) is 75.8 Å². The van der Waals surface area contributed by atoms with Crippen molar-refractivity contribution in [3.8, 4) is 0 Å². The summed E-state index contributed by atoms with van der Waals surface area (Å²) < 4.78 is 65.5. The fourth-order valence-electron chi connectivity index (χ4n) is 8.62. The smallest absolute Gasteiger partial charge is 0.329 e. The average Bonchev–Trinajstić information content (AvgIpc) is 3.86. The van der Waals surface area contributed by atoms with Crippen LogP contribution in [-0.4, -0.2) is 94.8 Å². The molecule has 296 valence electrons. The maximum Gasteiger partial charge on any atom is 0.329 e. The zero-order valence-electron chi connectivity index (χ0n) is 30.7. The quantitative estimate of drug-likeness (QED) is 0.164. The Morgan fingerprint density at radius 2 is 1.88 bits per heavy atom. The molecule has 0 spiro atoms. The van der Waals surface area contributed by atoms with Crippen molar-refractivity contribution in [3.63, 3.8) is 0 Å². The van der Waals surface area contributed by atoms with E-state index in [2.05, 4.69) is 25.8 Å². The standard InChI is InChI=1S/C37H41F4N11O4/c1-47(18-21-4-6-22(7-5-21)51-19-25(31(46-51)32(38)39)44-34(54)24-17-43-50-14-3-13-42-33(24)50)29-12-15-49(20-37(29,40)41)23-8-9-26-28(16-23)48(2)36(56)52(26)27-10-11-30(53)45-35(27)55/h3,8-9,13-14,16-17,19,21-22,27,29,32H,4-7,10-12,15,18,20H2,1-2H3,(H,44,54)(H,45,53,55). The van der Waals surface area contributed by atoms with Crippen molar-refractivity contribution in [3.05, 3.63) is 70.8 Å². The molecule has 8 rings (SSSR count). The fraction of sp³-hybridized carbons (Fsp3) is 0.486. The second kappa shape index (κ2) is 14.5. The molecule has 56 heavy (non-hydrogen) atoms. The Kier molecular flexibility index (Phi) is 9.66. The molecule has 2 N–H and O–H groups in total. The number of alkyl halides is 4. The van der Waals surface area contributed by atoms with Gasteiger partial charge in [-0.1, -0.05) is 0 Å². The van der Waals surface area contributed by atoms with Gasteiger partial charge in [0.1, 0.15) is 11.6 Å². The number of benzene rings is 1. The van der Waals surface area contributed by atoms with E-state index < -0.39 is 54.2 Å². The second-order valence-corrected chi connectivity index (χ2v) is 15.1. The summed E-state index contributed by atoms with van der Waals surface area (Å²) in [6, 6.07) is 4.66. The Morgan fingerprint density at radius 3 is 2.61 bits per heavy atom. The highest BCUT2D eigenvalue weighted by molar-refractivity contribution is 6.08. The normalized spacial score (nSPS) is 23.0. The van der Waals surface area contributed by atoms with E-state index in [1.807, 2.05) is 0 Å². The first-order chi connectivity index (χ1) is 26.8. The van der Waals surface area contributed by atoms with Gasteiger partial charge in [0.05, 0.1) is 41.5 Å². The van der Waals surface area contributed by atoms with E-state index in [9.17, 15) is 28.0 Å². The number of nitrogens with one attached hydrogen (secondary N) is 2. The number of nitrogens with zero attached hydrogens (tertiary/aromatic N) is 9. The molecular weight excluding hydrogens is 738 g/mol. The Labute approximate surface area is 317 Å². The van der Waals surface area contributed by atoms with Crippen LogP contribution in [0.15, 0.2) is 53.8 Å². The van der Waals surface area contributed by atoms with E-state index in [1.165, 1.54) is 36.9 Å². The monoisotopic (exact) mass is 779 g/mol. The Bertz CT molecular complexity index is 2380. The number of amides is 3. The molecule has 15 nitrogen and oxygen atoms in total. The molecule has 3 amide bonds. The molecule has 6 heterocycles. The van der Waals surface area contributed by atoms with Gasteiger partial charge in [-0.15, -0.1) is 0 Å². The molecule has 0 bridgehead atoms. The predicted octanol–water partition coefficient (Wildman–Crippen LogP) is 4.32. The van der Waals surface area contributed by atoms with Crippen molar-refractivity contribution in [2.75, 3.05) is 36.9 Å². The van der Waals surface area contributed by atoms with Crippen LogP contribution in [0.3, 0.4) is 0 Å². The summed E-state index contributed by atoms with van der Waals surface area (Å²) in [4.78, 5) is 58.0.